The predicted octanol–water partition coefficient (Wildman–Crippen LogP) is 4.22. The van der Waals surface area contributed by atoms with Gasteiger partial charge in [-0.05, 0) is 24.3 Å². The molecule has 0 saturated carbocycles. The number of nitrogens with one attached hydrogen (secondary N) is 1. The fourth-order valence-corrected chi connectivity index (χ4v) is 2.59. The van der Waals surface area contributed by atoms with E-state index in [-0.39, 0.29) is 31.1 Å². The Balaban J connectivity index is 1.53. The Kier molecular flexibility index (Phi) is 6.91. The van der Waals surface area contributed by atoms with E-state index in [4.69, 9.17) is 13.9 Å². The average Bonchev–Trinajstić information content (AvgIpc) is 3.17. The molecule has 0 aliphatic rings. The maximum atomic E-state index is 14.0. The first-order valence-electron chi connectivity index (χ1n) is 8.97. The third-order valence-corrected chi connectivity index (χ3v) is 4.02. The van der Waals surface area contributed by atoms with Gasteiger partial charge in [0, 0.05) is 31.7 Å². The summed E-state index contributed by atoms with van der Waals surface area (Å²) in [5.41, 5.74) is 0.616. The first-order valence-corrected chi connectivity index (χ1v) is 8.97. The third-order valence-electron chi connectivity index (χ3n) is 4.02. The van der Waals surface area contributed by atoms with Gasteiger partial charge < -0.3 is 19.2 Å². The number of carbonyl (C=O) groups excluding carboxylic acids is 1. The normalized spacial score (nSPS) is 10.7. The van der Waals surface area contributed by atoms with Crippen LogP contribution in [0.25, 0.3) is 11.3 Å². The SMILES string of the molecule is COCCOc1ccc(NC(=O)CCc2ncc(-c3ccccc3F)o2)cc1F. The molecule has 2 aromatic carbocycles. The van der Waals surface area contributed by atoms with Crippen molar-refractivity contribution in [2.24, 2.45) is 0 Å². The summed E-state index contributed by atoms with van der Waals surface area (Å²) in [5.74, 6) is -0.634. The molecule has 1 N–H and O–H groups in total. The number of amides is 1. The van der Waals surface area contributed by atoms with Crippen LogP contribution in [0.2, 0.25) is 0 Å². The number of aryl methyl sites for hydroxylation is 1. The molecular weight excluding hydrogens is 382 g/mol. The number of benzene rings is 2. The maximum absolute atomic E-state index is 14.0. The van der Waals surface area contributed by atoms with E-state index in [0.717, 1.165) is 0 Å². The van der Waals surface area contributed by atoms with Crippen LogP contribution >= 0.6 is 0 Å². The zero-order valence-electron chi connectivity index (χ0n) is 15.8. The fourth-order valence-electron chi connectivity index (χ4n) is 2.59. The molecule has 0 fully saturated rings. The highest BCUT2D eigenvalue weighted by Gasteiger charge is 2.12. The van der Waals surface area contributed by atoms with Gasteiger partial charge in [0.2, 0.25) is 5.91 Å². The molecule has 6 nitrogen and oxygen atoms in total. The van der Waals surface area contributed by atoms with Crippen molar-refractivity contribution in [1.82, 2.24) is 4.98 Å². The lowest BCUT2D eigenvalue weighted by molar-refractivity contribution is -0.116. The zero-order valence-corrected chi connectivity index (χ0v) is 15.8. The molecule has 1 amide bonds. The van der Waals surface area contributed by atoms with E-state index in [9.17, 15) is 13.6 Å². The Labute approximate surface area is 166 Å². The fraction of sp³-hybridized carbons (Fsp3) is 0.238. The molecule has 0 bridgehead atoms. The van der Waals surface area contributed by atoms with Crippen molar-refractivity contribution in [2.45, 2.75) is 12.8 Å². The number of aromatic nitrogens is 1. The summed E-state index contributed by atoms with van der Waals surface area (Å²) in [5, 5.41) is 2.61. The molecule has 29 heavy (non-hydrogen) atoms. The van der Waals surface area contributed by atoms with E-state index in [0.29, 0.717) is 29.5 Å². The van der Waals surface area contributed by atoms with E-state index >= 15 is 0 Å². The largest absolute Gasteiger partial charge is 0.488 e. The topological polar surface area (TPSA) is 73.6 Å². The van der Waals surface area contributed by atoms with E-state index in [1.807, 2.05) is 0 Å². The maximum Gasteiger partial charge on any atom is 0.224 e. The Morgan fingerprint density at radius 3 is 2.72 bits per heavy atom. The quantitative estimate of drug-likeness (QED) is 0.543. The van der Waals surface area contributed by atoms with E-state index < -0.39 is 11.6 Å². The Hall–Kier alpha value is -3.26. The zero-order chi connectivity index (χ0) is 20.6. The number of hydrogen-bond donors (Lipinski definition) is 1. The van der Waals surface area contributed by atoms with Crippen molar-refractivity contribution >= 4 is 11.6 Å². The molecule has 0 saturated heterocycles. The van der Waals surface area contributed by atoms with Crippen LogP contribution in [-0.4, -0.2) is 31.2 Å². The van der Waals surface area contributed by atoms with Gasteiger partial charge in [-0.15, -0.1) is 0 Å². The van der Waals surface area contributed by atoms with Crippen molar-refractivity contribution in [3.8, 4) is 17.1 Å². The van der Waals surface area contributed by atoms with Crippen LogP contribution in [0.1, 0.15) is 12.3 Å². The molecule has 0 atom stereocenters. The van der Waals surface area contributed by atoms with Crippen LogP contribution in [0.4, 0.5) is 14.5 Å². The summed E-state index contributed by atoms with van der Waals surface area (Å²) in [6.07, 6.45) is 1.72. The molecule has 1 heterocycles. The summed E-state index contributed by atoms with van der Waals surface area (Å²) in [6.45, 7) is 0.571. The van der Waals surface area contributed by atoms with Crippen molar-refractivity contribution in [3.63, 3.8) is 0 Å². The lowest BCUT2D eigenvalue weighted by Gasteiger charge is -2.09. The molecule has 0 spiro atoms. The minimum absolute atomic E-state index is 0.0743. The smallest absolute Gasteiger partial charge is 0.224 e. The summed E-state index contributed by atoms with van der Waals surface area (Å²) >= 11 is 0. The second-order valence-corrected chi connectivity index (χ2v) is 6.13. The summed E-state index contributed by atoms with van der Waals surface area (Å²) < 4.78 is 43.4. The highest BCUT2D eigenvalue weighted by atomic mass is 19.1. The van der Waals surface area contributed by atoms with Crippen molar-refractivity contribution in [3.05, 3.63) is 66.2 Å². The monoisotopic (exact) mass is 402 g/mol. The number of oxazole rings is 1. The second kappa shape index (κ2) is 9.79. The third kappa shape index (κ3) is 5.61. The Morgan fingerprint density at radius 2 is 1.97 bits per heavy atom. The molecule has 152 valence electrons. The molecule has 3 aromatic rings. The molecule has 0 unspecified atom stereocenters. The second-order valence-electron chi connectivity index (χ2n) is 6.13. The number of nitrogens with zero attached hydrogens (tertiary/aromatic N) is 1. The standard InChI is InChI=1S/C21H20F2N2O4/c1-27-10-11-28-18-7-6-14(12-17(18)23)25-20(26)8-9-21-24-13-19(29-21)15-4-2-3-5-16(15)22/h2-7,12-13H,8-11H2,1H3,(H,25,26). The summed E-state index contributed by atoms with van der Waals surface area (Å²) in [7, 11) is 1.53. The van der Waals surface area contributed by atoms with Gasteiger partial charge in [0.25, 0.3) is 0 Å². The van der Waals surface area contributed by atoms with Crippen LogP contribution in [0, 0.1) is 11.6 Å². The number of carbonyl (C=O) groups is 1. The van der Waals surface area contributed by atoms with Gasteiger partial charge in [-0.2, -0.15) is 0 Å². The number of halogens is 2. The number of rotatable bonds is 9. The minimum Gasteiger partial charge on any atom is -0.488 e. The predicted molar refractivity (Wildman–Crippen MR) is 103 cm³/mol. The minimum atomic E-state index is -0.582. The van der Waals surface area contributed by atoms with Crippen LogP contribution in [0.3, 0.4) is 0 Å². The molecule has 0 radical (unpaired) electrons. The lowest BCUT2D eigenvalue weighted by Crippen LogP contribution is -2.13. The summed E-state index contributed by atoms with van der Waals surface area (Å²) in [6, 6.07) is 10.4. The average molecular weight is 402 g/mol. The molecule has 3 rings (SSSR count). The van der Waals surface area contributed by atoms with Crippen LogP contribution < -0.4 is 10.1 Å². The van der Waals surface area contributed by atoms with Gasteiger partial charge >= 0.3 is 0 Å². The van der Waals surface area contributed by atoms with Gasteiger partial charge in [0.05, 0.1) is 18.4 Å². The van der Waals surface area contributed by atoms with Gasteiger partial charge in [-0.1, -0.05) is 12.1 Å². The van der Waals surface area contributed by atoms with E-state index in [2.05, 4.69) is 10.3 Å². The van der Waals surface area contributed by atoms with Crippen LogP contribution in [0.15, 0.2) is 53.1 Å². The van der Waals surface area contributed by atoms with Gasteiger partial charge in [0.1, 0.15) is 12.4 Å². The Morgan fingerprint density at radius 1 is 1.14 bits per heavy atom. The van der Waals surface area contributed by atoms with Crippen molar-refractivity contribution in [1.29, 1.82) is 0 Å². The molecular formula is C21H20F2N2O4. The number of methoxy groups -OCH3 is 1. The van der Waals surface area contributed by atoms with Crippen molar-refractivity contribution in [2.75, 3.05) is 25.6 Å². The van der Waals surface area contributed by atoms with Gasteiger partial charge in [0.15, 0.2) is 23.2 Å². The molecule has 0 aliphatic carbocycles. The first kappa shape index (κ1) is 20.5. The Bertz CT molecular complexity index is 975. The number of anilines is 1. The van der Waals surface area contributed by atoms with E-state index in [1.54, 1.807) is 24.3 Å². The van der Waals surface area contributed by atoms with Gasteiger partial charge in [-0.3, -0.25) is 4.79 Å². The van der Waals surface area contributed by atoms with Crippen molar-refractivity contribution < 1.29 is 27.5 Å². The number of ether oxygens (including phenoxy) is 2. The van der Waals surface area contributed by atoms with Crippen LogP contribution in [-0.2, 0) is 16.0 Å². The molecule has 8 heteroatoms. The van der Waals surface area contributed by atoms with Gasteiger partial charge in [-0.25, -0.2) is 13.8 Å². The van der Waals surface area contributed by atoms with Crippen LogP contribution in [0.5, 0.6) is 5.75 Å². The first-order chi connectivity index (χ1) is 14.1. The summed E-state index contributed by atoms with van der Waals surface area (Å²) in [4.78, 5) is 16.2. The number of hydrogen-bond acceptors (Lipinski definition) is 5. The highest BCUT2D eigenvalue weighted by molar-refractivity contribution is 5.90. The highest BCUT2D eigenvalue weighted by Crippen LogP contribution is 2.24. The molecule has 1 aromatic heterocycles. The lowest BCUT2D eigenvalue weighted by atomic mass is 10.2. The molecule has 0 aliphatic heterocycles. The van der Waals surface area contributed by atoms with E-state index in [1.165, 1.54) is 31.5 Å².